The maximum Gasteiger partial charge on any atom is 0.426 e. The zero-order valence-electron chi connectivity index (χ0n) is 15.3. The molecule has 9 nitrogen and oxygen atoms in total. The fourth-order valence-electron chi connectivity index (χ4n) is 4.32. The lowest BCUT2D eigenvalue weighted by Crippen LogP contribution is -2.64. The first kappa shape index (κ1) is 22.7. The van der Waals surface area contributed by atoms with Gasteiger partial charge in [-0.3, -0.25) is 25.7 Å². The van der Waals surface area contributed by atoms with Crippen molar-refractivity contribution in [2.45, 2.75) is 37.2 Å². The number of hydrogen-bond donors (Lipinski definition) is 2. The molecule has 1 aromatic rings. The molecule has 2 saturated carbocycles. The van der Waals surface area contributed by atoms with Gasteiger partial charge in [-0.05, 0) is 37.2 Å². The van der Waals surface area contributed by atoms with Crippen molar-refractivity contribution >= 4 is 22.8 Å². The van der Waals surface area contributed by atoms with Crippen LogP contribution >= 0.6 is 0 Å². The number of non-ortho nitro benzene ring substituents is 1. The normalized spacial score (nSPS) is 25.1. The van der Waals surface area contributed by atoms with Gasteiger partial charge in [-0.25, -0.2) is 0 Å². The second kappa shape index (κ2) is 7.32. The predicted octanol–water partition coefficient (Wildman–Crippen LogP) is 4.17. The Hall–Kier alpha value is -2.97. The molecule has 1 aromatic carbocycles. The Morgan fingerprint density at radius 2 is 1.65 bits per heavy atom. The number of rotatable bonds is 5. The van der Waals surface area contributed by atoms with Crippen LogP contribution in [0, 0.1) is 38.0 Å². The molecule has 0 amide bonds. The highest BCUT2D eigenvalue weighted by Crippen LogP contribution is 2.58. The van der Waals surface area contributed by atoms with Crippen LogP contribution in [0.4, 0.5) is 43.4 Å². The molecule has 0 radical (unpaired) electrons. The van der Waals surface area contributed by atoms with E-state index in [2.05, 4.69) is 10.5 Å². The van der Waals surface area contributed by atoms with E-state index >= 15 is 0 Å². The molecule has 0 spiro atoms. The molecule has 3 atom stereocenters. The highest BCUT2D eigenvalue weighted by molar-refractivity contribution is 5.94. The molecule has 15 heteroatoms. The average Bonchev–Trinajstić information content (AvgIpc) is 3.24. The number of hydrazone groups is 1. The minimum atomic E-state index is -6.04. The molecular weight excluding hydrogens is 442 g/mol. The van der Waals surface area contributed by atoms with E-state index in [0.717, 1.165) is 12.1 Å². The third-order valence-electron chi connectivity index (χ3n) is 5.69. The molecule has 0 aromatic heterocycles. The standard InChI is InChI=1S/C16H14F6N4O5/c17-15(18,19)14(27,16(20,21)22)12-7-1-2-8(5-7)13(12)24-23-10-4-3-9(25(28)29)6-11(10)26(30)31/h3-4,6-8,12,23,27H,1-2,5H2/b24-13+/t7-,8+,12-/m0/s1. The van der Waals surface area contributed by atoms with E-state index in [9.17, 15) is 51.7 Å². The largest absolute Gasteiger partial charge is 0.426 e. The molecular formula is C16H14F6N4O5. The lowest BCUT2D eigenvalue weighted by atomic mass is 9.74. The first-order chi connectivity index (χ1) is 14.2. The fraction of sp³-hybridized carbons (Fsp3) is 0.562. The van der Waals surface area contributed by atoms with Crippen LogP contribution in [0.5, 0.6) is 0 Å². The van der Waals surface area contributed by atoms with Crippen molar-refractivity contribution in [3.8, 4) is 0 Å². The van der Waals surface area contributed by atoms with Gasteiger partial charge >= 0.3 is 18.0 Å². The molecule has 31 heavy (non-hydrogen) atoms. The van der Waals surface area contributed by atoms with E-state index in [-0.39, 0.29) is 19.3 Å². The molecule has 2 N–H and O–H groups in total. The molecule has 2 aliphatic rings. The number of nitro groups is 2. The fourth-order valence-corrected chi connectivity index (χ4v) is 4.32. The van der Waals surface area contributed by atoms with Gasteiger partial charge in [0.2, 0.25) is 0 Å². The van der Waals surface area contributed by atoms with Crippen molar-refractivity contribution in [2.75, 3.05) is 5.43 Å². The first-order valence-corrected chi connectivity index (χ1v) is 8.80. The van der Waals surface area contributed by atoms with E-state index < -0.39 is 68.3 Å². The van der Waals surface area contributed by atoms with Crippen molar-refractivity contribution in [3.05, 3.63) is 38.4 Å². The highest BCUT2D eigenvalue weighted by Gasteiger charge is 2.77. The van der Waals surface area contributed by atoms with Crippen LogP contribution in [0.15, 0.2) is 23.3 Å². The number of benzene rings is 1. The number of nitrogens with zero attached hydrogens (tertiary/aromatic N) is 3. The SMILES string of the molecule is O=[N+]([O-])c1ccc(N/N=C2\[C@@H]3CC[C@@H](C3)[C@@H]2C(O)(C(F)(F)F)C(F)(F)F)c([N+](=O)[O-])c1. The van der Waals surface area contributed by atoms with Gasteiger partial charge in [-0.2, -0.15) is 31.4 Å². The summed E-state index contributed by atoms with van der Waals surface area (Å²) in [7, 11) is 0. The summed E-state index contributed by atoms with van der Waals surface area (Å²) in [6.45, 7) is 0. The van der Waals surface area contributed by atoms with Gasteiger partial charge in [0.15, 0.2) is 0 Å². The van der Waals surface area contributed by atoms with Crippen LogP contribution in [-0.2, 0) is 0 Å². The summed E-state index contributed by atoms with van der Waals surface area (Å²) < 4.78 is 80.4. The van der Waals surface area contributed by atoms with Crippen LogP contribution in [-0.4, -0.2) is 38.6 Å². The van der Waals surface area contributed by atoms with Crippen LogP contribution in [0.3, 0.4) is 0 Å². The summed E-state index contributed by atoms with van der Waals surface area (Å²) in [5.41, 5.74) is -5.53. The van der Waals surface area contributed by atoms with Crippen LogP contribution in [0.2, 0.25) is 0 Å². The van der Waals surface area contributed by atoms with Crippen molar-refractivity contribution in [1.29, 1.82) is 0 Å². The zero-order valence-corrected chi connectivity index (χ0v) is 15.3. The van der Waals surface area contributed by atoms with E-state index in [1.807, 2.05) is 0 Å². The molecule has 3 rings (SSSR count). The van der Waals surface area contributed by atoms with Gasteiger partial charge in [-0.15, -0.1) is 0 Å². The number of nitro benzene ring substituents is 2. The monoisotopic (exact) mass is 456 g/mol. The molecule has 0 saturated heterocycles. The molecule has 2 fully saturated rings. The van der Waals surface area contributed by atoms with Crippen molar-refractivity contribution in [1.82, 2.24) is 0 Å². The van der Waals surface area contributed by atoms with Gasteiger partial charge in [0.1, 0.15) is 5.69 Å². The Kier molecular flexibility index (Phi) is 5.36. The molecule has 170 valence electrons. The first-order valence-electron chi connectivity index (χ1n) is 8.80. The number of aliphatic hydroxyl groups is 1. The number of nitrogens with one attached hydrogen (secondary N) is 1. The summed E-state index contributed by atoms with van der Waals surface area (Å²) in [5, 5.41) is 35.4. The van der Waals surface area contributed by atoms with Crippen LogP contribution in [0.25, 0.3) is 0 Å². The second-order valence-electron chi connectivity index (χ2n) is 7.37. The van der Waals surface area contributed by atoms with Crippen molar-refractivity contribution < 1.29 is 41.3 Å². The zero-order chi connectivity index (χ0) is 23.4. The van der Waals surface area contributed by atoms with E-state index in [1.165, 1.54) is 0 Å². The lowest BCUT2D eigenvalue weighted by Gasteiger charge is -2.41. The minimum absolute atomic E-state index is 0.0283. The second-order valence-corrected chi connectivity index (χ2v) is 7.37. The van der Waals surface area contributed by atoms with Crippen LogP contribution in [0.1, 0.15) is 19.3 Å². The quantitative estimate of drug-likeness (QED) is 0.388. The Labute approximate surface area is 169 Å². The summed E-state index contributed by atoms with van der Waals surface area (Å²) >= 11 is 0. The van der Waals surface area contributed by atoms with Crippen molar-refractivity contribution in [2.24, 2.45) is 22.9 Å². The van der Waals surface area contributed by atoms with E-state index in [1.54, 1.807) is 0 Å². The van der Waals surface area contributed by atoms with Gasteiger partial charge in [-0.1, -0.05) is 0 Å². The summed E-state index contributed by atoms with van der Waals surface area (Å²) in [4.78, 5) is 20.0. The smallest absolute Gasteiger partial charge is 0.373 e. The highest BCUT2D eigenvalue weighted by atomic mass is 19.4. The Balaban J connectivity index is 2.04. The Morgan fingerprint density at radius 3 is 2.16 bits per heavy atom. The van der Waals surface area contributed by atoms with Gasteiger partial charge in [0.25, 0.3) is 11.3 Å². The number of alkyl halides is 6. The minimum Gasteiger partial charge on any atom is -0.373 e. The maximum atomic E-state index is 13.4. The third kappa shape index (κ3) is 3.66. The third-order valence-corrected chi connectivity index (χ3v) is 5.69. The van der Waals surface area contributed by atoms with Gasteiger partial charge in [0.05, 0.1) is 15.9 Å². The lowest BCUT2D eigenvalue weighted by molar-refractivity contribution is -0.393. The summed E-state index contributed by atoms with van der Waals surface area (Å²) in [6, 6.07) is 2.29. The van der Waals surface area contributed by atoms with Crippen LogP contribution < -0.4 is 5.43 Å². The van der Waals surface area contributed by atoms with E-state index in [0.29, 0.717) is 6.07 Å². The summed E-state index contributed by atoms with van der Waals surface area (Å²) in [5.74, 6) is -4.34. The van der Waals surface area contributed by atoms with E-state index in [4.69, 9.17) is 0 Å². The Morgan fingerprint density at radius 1 is 1.03 bits per heavy atom. The molecule has 2 bridgehead atoms. The predicted molar refractivity (Wildman–Crippen MR) is 92.2 cm³/mol. The van der Waals surface area contributed by atoms with Gasteiger partial charge < -0.3 is 5.11 Å². The molecule has 0 aliphatic heterocycles. The Bertz CT molecular complexity index is 933. The molecule has 0 unspecified atom stereocenters. The number of fused-ring (bicyclic) bond motifs is 2. The summed E-state index contributed by atoms with van der Waals surface area (Å²) in [6.07, 6.45) is -11.9. The maximum absolute atomic E-state index is 13.4. The average molecular weight is 456 g/mol. The molecule has 2 aliphatic carbocycles. The van der Waals surface area contributed by atoms with Gasteiger partial charge in [0, 0.05) is 17.7 Å². The van der Waals surface area contributed by atoms with Crippen molar-refractivity contribution in [3.63, 3.8) is 0 Å². The molecule has 0 heterocycles. The number of anilines is 1. The number of halogens is 6. The number of hydrogen-bond acceptors (Lipinski definition) is 7. The topological polar surface area (TPSA) is 131 Å².